The number of rotatable bonds is 4. The maximum atomic E-state index is 13.1. The van der Waals surface area contributed by atoms with Gasteiger partial charge in [0.15, 0.2) is 5.69 Å². The van der Waals surface area contributed by atoms with Crippen LogP contribution in [0, 0.1) is 6.92 Å². The molecule has 1 aliphatic heterocycles. The number of aryl methyl sites for hydroxylation is 1. The Kier molecular flexibility index (Phi) is 6.41. The summed E-state index contributed by atoms with van der Waals surface area (Å²) in [6.45, 7) is 5.07. The lowest BCUT2D eigenvalue weighted by molar-refractivity contribution is 0.0619. The van der Waals surface area contributed by atoms with Crippen molar-refractivity contribution in [2.24, 2.45) is 0 Å². The van der Waals surface area contributed by atoms with E-state index in [0.29, 0.717) is 34.5 Å². The van der Waals surface area contributed by atoms with Gasteiger partial charge in [0.2, 0.25) is 5.43 Å². The van der Waals surface area contributed by atoms with E-state index in [1.54, 1.807) is 28.6 Å². The van der Waals surface area contributed by atoms with Crippen LogP contribution in [0.4, 0.5) is 0 Å². The van der Waals surface area contributed by atoms with Crippen LogP contribution in [0.15, 0.2) is 59.4 Å². The van der Waals surface area contributed by atoms with Crippen molar-refractivity contribution >= 4 is 29.1 Å². The molecule has 160 valence electrons. The summed E-state index contributed by atoms with van der Waals surface area (Å²) in [6.07, 6.45) is 0. The molecule has 2 heterocycles. The third-order valence-corrected chi connectivity index (χ3v) is 5.94. The van der Waals surface area contributed by atoms with E-state index in [0.717, 1.165) is 19.6 Å². The lowest BCUT2D eigenvalue weighted by Crippen LogP contribution is -2.49. The van der Waals surface area contributed by atoms with Gasteiger partial charge in [-0.15, -0.1) is 0 Å². The van der Waals surface area contributed by atoms with E-state index in [-0.39, 0.29) is 17.0 Å². The number of piperazine rings is 1. The molecule has 1 saturated heterocycles. The van der Waals surface area contributed by atoms with Crippen molar-refractivity contribution < 1.29 is 4.79 Å². The fourth-order valence-corrected chi connectivity index (χ4v) is 4.01. The molecule has 0 aliphatic carbocycles. The molecule has 0 atom stereocenters. The molecule has 3 aromatic rings. The van der Waals surface area contributed by atoms with Gasteiger partial charge in [-0.2, -0.15) is 5.10 Å². The van der Waals surface area contributed by atoms with Gasteiger partial charge in [-0.25, -0.2) is 4.68 Å². The highest BCUT2D eigenvalue weighted by molar-refractivity contribution is 6.32. The number of aromatic nitrogens is 2. The summed E-state index contributed by atoms with van der Waals surface area (Å²) in [5, 5.41) is 5.59. The summed E-state index contributed by atoms with van der Waals surface area (Å²) in [6, 6.07) is 16.4. The summed E-state index contributed by atoms with van der Waals surface area (Å²) >= 11 is 12.2. The van der Waals surface area contributed by atoms with E-state index in [4.69, 9.17) is 23.2 Å². The van der Waals surface area contributed by atoms with Gasteiger partial charge >= 0.3 is 0 Å². The molecule has 0 unspecified atom stereocenters. The first-order valence-corrected chi connectivity index (χ1v) is 10.8. The first kappa shape index (κ1) is 21.6. The topological polar surface area (TPSA) is 58.4 Å². The molecule has 4 rings (SSSR count). The Morgan fingerprint density at radius 1 is 1.00 bits per heavy atom. The Morgan fingerprint density at radius 3 is 2.35 bits per heavy atom. The van der Waals surface area contributed by atoms with Crippen LogP contribution in [0.25, 0.3) is 5.69 Å². The normalized spacial score (nSPS) is 14.6. The molecule has 0 bridgehead atoms. The molecule has 0 saturated carbocycles. The maximum Gasteiger partial charge on any atom is 0.278 e. The highest BCUT2D eigenvalue weighted by Gasteiger charge is 2.26. The SMILES string of the molecule is Cc1cc(=O)c(C(=O)N2CCN(Cc3ccc(Cl)cc3)CC2)nn1-c1ccccc1Cl. The number of amides is 1. The van der Waals surface area contributed by atoms with Crippen LogP contribution in [0.1, 0.15) is 21.7 Å². The minimum absolute atomic E-state index is 0.0864. The van der Waals surface area contributed by atoms with Gasteiger partial charge in [-0.05, 0) is 36.8 Å². The monoisotopic (exact) mass is 456 g/mol. The molecule has 8 heteroatoms. The Balaban J connectivity index is 1.49. The minimum atomic E-state index is -0.380. The smallest absolute Gasteiger partial charge is 0.278 e. The van der Waals surface area contributed by atoms with Crippen molar-refractivity contribution in [3.8, 4) is 5.69 Å². The fraction of sp³-hybridized carbons (Fsp3) is 0.261. The third kappa shape index (κ3) is 4.82. The van der Waals surface area contributed by atoms with Gasteiger partial charge in [0.05, 0.1) is 10.7 Å². The van der Waals surface area contributed by atoms with Crippen molar-refractivity contribution in [2.45, 2.75) is 13.5 Å². The van der Waals surface area contributed by atoms with Gasteiger partial charge in [-0.1, -0.05) is 47.5 Å². The van der Waals surface area contributed by atoms with Crippen molar-refractivity contribution in [1.29, 1.82) is 0 Å². The lowest BCUT2D eigenvalue weighted by Gasteiger charge is -2.34. The van der Waals surface area contributed by atoms with Gasteiger partial charge in [0.25, 0.3) is 5.91 Å². The largest absolute Gasteiger partial charge is 0.335 e. The Morgan fingerprint density at radius 2 is 1.68 bits per heavy atom. The Bertz CT molecular complexity index is 1150. The van der Waals surface area contributed by atoms with Gasteiger partial charge in [0.1, 0.15) is 0 Å². The van der Waals surface area contributed by atoms with Crippen LogP contribution < -0.4 is 5.43 Å². The summed E-state index contributed by atoms with van der Waals surface area (Å²) < 4.78 is 1.55. The number of hydrogen-bond donors (Lipinski definition) is 0. The van der Waals surface area contributed by atoms with E-state index in [1.807, 2.05) is 36.4 Å². The van der Waals surface area contributed by atoms with Gasteiger partial charge in [-0.3, -0.25) is 14.5 Å². The number of benzene rings is 2. The zero-order valence-corrected chi connectivity index (χ0v) is 18.6. The number of carbonyl (C=O) groups is 1. The molecule has 2 aromatic carbocycles. The molecule has 1 amide bonds. The van der Waals surface area contributed by atoms with Crippen molar-refractivity contribution in [3.05, 3.63) is 91.8 Å². The number of carbonyl (C=O) groups excluding carboxylic acids is 1. The van der Waals surface area contributed by atoms with Crippen LogP contribution >= 0.6 is 23.2 Å². The second-order valence-corrected chi connectivity index (χ2v) is 8.40. The van der Waals surface area contributed by atoms with E-state index < -0.39 is 0 Å². The molecule has 6 nitrogen and oxygen atoms in total. The van der Waals surface area contributed by atoms with Crippen LogP contribution in [-0.4, -0.2) is 51.7 Å². The number of hydrogen-bond acceptors (Lipinski definition) is 4. The Hall–Kier alpha value is -2.67. The molecular formula is C23H22Cl2N4O2. The molecule has 0 N–H and O–H groups in total. The van der Waals surface area contributed by atoms with Crippen LogP contribution in [0.3, 0.4) is 0 Å². The Labute approximate surface area is 190 Å². The van der Waals surface area contributed by atoms with E-state index in [1.165, 1.54) is 11.6 Å². The second kappa shape index (κ2) is 9.22. The molecule has 1 fully saturated rings. The number of halogens is 2. The average Bonchev–Trinajstić information content (AvgIpc) is 2.76. The zero-order valence-electron chi connectivity index (χ0n) is 17.1. The van der Waals surface area contributed by atoms with Crippen molar-refractivity contribution in [3.63, 3.8) is 0 Å². The predicted molar refractivity (Wildman–Crippen MR) is 122 cm³/mol. The van der Waals surface area contributed by atoms with E-state index in [9.17, 15) is 9.59 Å². The first-order chi connectivity index (χ1) is 14.9. The predicted octanol–water partition coefficient (Wildman–Crippen LogP) is 3.81. The van der Waals surface area contributed by atoms with Gasteiger partial charge < -0.3 is 4.90 Å². The van der Waals surface area contributed by atoms with Crippen LogP contribution in [-0.2, 0) is 6.54 Å². The summed E-state index contributed by atoms with van der Waals surface area (Å²) in [5.41, 5.74) is 1.95. The van der Waals surface area contributed by atoms with Gasteiger partial charge in [0, 0.05) is 49.5 Å². The second-order valence-electron chi connectivity index (χ2n) is 7.56. The van der Waals surface area contributed by atoms with Crippen LogP contribution in [0.5, 0.6) is 0 Å². The minimum Gasteiger partial charge on any atom is -0.335 e. The van der Waals surface area contributed by atoms with Crippen molar-refractivity contribution in [2.75, 3.05) is 26.2 Å². The average molecular weight is 457 g/mol. The standard InChI is InChI=1S/C23H22Cl2N4O2/c1-16-14-21(30)22(26-29(16)20-5-3-2-4-19(20)25)23(31)28-12-10-27(11-13-28)15-17-6-8-18(24)9-7-17/h2-9,14H,10-13,15H2,1H3. The quantitative estimate of drug-likeness (QED) is 0.598. The highest BCUT2D eigenvalue weighted by atomic mass is 35.5. The first-order valence-electron chi connectivity index (χ1n) is 10.0. The fourth-order valence-electron chi connectivity index (χ4n) is 3.67. The third-order valence-electron chi connectivity index (χ3n) is 5.37. The lowest BCUT2D eigenvalue weighted by atomic mass is 10.2. The molecule has 31 heavy (non-hydrogen) atoms. The molecule has 1 aliphatic rings. The molecule has 1 aromatic heterocycles. The van der Waals surface area contributed by atoms with E-state index in [2.05, 4.69) is 10.00 Å². The summed E-state index contributed by atoms with van der Waals surface area (Å²) in [4.78, 5) is 29.6. The number of nitrogens with zero attached hydrogens (tertiary/aromatic N) is 4. The van der Waals surface area contributed by atoms with Crippen LogP contribution in [0.2, 0.25) is 10.0 Å². The molecule has 0 radical (unpaired) electrons. The summed E-state index contributed by atoms with van der Waals surface area (Å²) in [7, 11) is 0. The molecule has 0 spiro atoms. The number of para-hydroxylation sites is 1. The highest BCUT2D eigenvalue weighted by Crippen LogP contribution is 2.20. The molecular weight excluding hydrogens is 435 g/mol. The van der Waals surface area contributed by atoms with E-state index >= 15 is 0 Å². The van der Waals surface area contributed by atoms with Crippen molar-refractivity contribution in [1.82, 2.24) is 19.6 Å². The maximum absolute atomic E-state index is 13.1. The summed E-state index contributed by atoms with van der Waals surface area (Å²) in [5.74, 6) is -0.350. The zero-order chi connectivity index (χ0) is 22.0.